The van der Waals surface area contributed by atoms with Crippen molar-refractivity contribution in [1.82, 2.24) is 4.72 Å². The highest BCUT2D eigenvalue weighted by atomic mass is 32.2. The normalized spacial score (nSPS) is 14.0. The van der Waals surface area contributed by atoms with E-state index in [0.29, 0.717) is 11.4 Å². The molecule has 1 heterocycles. The van der Waals surface area contributed by atoms with Gasteiger partial charge in [-0.2, -0.15) is 0 Å². The highest BCUT2D eigenvalue weighted by Gasteiger charge is 2.17. The summed E-state index contributed by atoms with van der Waals surface area (Å²) >= 11 is 0. The number of anilines is 1. The van der Waals surface area contributed by atoms with Crippen LogP contribution in [0.1, 0.15) is 51.0 Å². The van der Waals surface area contributed by atoms with Gasteiger partial charge in [-0.1, -0.05) is 39.0 Å². The first kappa shape index (κ1) is 16.3. The molecule has 4 nitrogen and oxygen atoms in total. The fourth-order valence-corrected chi connectivity index (χ4v) is 3.77. The number of nitrogens with one attached hydrogen (secondary N) is 2. The van der Waals surface area contributed by atoms with E-state index >= 15 is 0 Å². The van der Waals surface area contributed by atoms with Crippen LogP contribution < -0.4 is 10.0 Å². The number of sulfonamides is 1. The number of unbranched alkanes of at least 4 members (excludes halogenated alkanes) is 5. The molecule has 0 radical (unpaired) electrons. The predicted octanol–water partition coefficient (Wildman–Crippen LogP) is 3.29. The zero-order chi connectivity index (χ0) is 15.1. The van der Waals surface area contributed by atoms with E-state index in [1.54, 1.807) is 12.1 Å². The van der Waals surface area contributed by atoms with Crippen molar-refractivity contribution in [2.75, 3.05) is 18.4 Å². The summed E-state index contributed by atoms with van der Waals surface area (Å²) in [6.45, 7) is 3.62. The fraction of sp³-hybridized carbons (Fsp3) is 0.625. The summed E-state index contributed by atoms with van der Waals surface area (Å²) in [5, 5.41) is 3.24. The molecule has 1 aromatic carbocycles. The van der Waals surface area contributed by atoms with Gasteiger partial charge in [0.15, 0.2) is 0 Å². The van der Waals surface area contributed by atoms with Crippen molar-refractivity contribution in [2.24, 2.45) is 0 Å². The third kappa shape index (κ3) is 4.71. The summed E-state index contributed by atoms with van der Waals surface area (Å²) in [7, 11) is -3.36. The van der Waals surface area contributed by atoms with Gasteiger partial charge in [0.1, 0.15) is 0 Å². The minimum atomic E-state index is -3.36. The SMILES string of the molecule is CCCCCCCCNS(=O)(=O)c1ccc2c(c1)CCN2. The molecule has 2 rings (SSSR count). The lowest BCUT2D eigenvalue weighted by Gasteiger charge is -2.08. The summed E-state index contributed by atoms with van der Waals surface area (Å²) in [5.74, 6) is 0. The zero-order valence-electron chi connectivity index (χ0n) is 12.8. The summed E-state index contributed by atoms with van der Waals surface area (Å²) < 4.78 is 27.2. The molecule has 0 saturated carbocycles. The Hall–Kier alpha value is -1.07. The Kier molecular flexibility index (Phi) is 6.06. The molecule has 118 valence electrons. The molecule has 1 aliphatic heterocycles. The highest BCUT2D eigenvalue weighted by Crippen LogP contribution is 2.24. The lowest BCUT2D eigenvalue weighted by molar-refractivity contribution is 0.567. The van der Waals surface area contributed by atoms with Crippen molar-refractivity contribution >= 4 is 15.7 Å². The summed E-state index contributed by atoms with van der Waals surface area (Å²) in [4.78, 5) is 0.385. The molecule has 5 heteroatoms. The van der Waals surface area contributed by atoms with Crippen molar-refractivity contribution in [2.45, 2.75) is 56.8 Å². The van der Waals surface area contributed by atoms with Gasteiger partial charge in [0.2, 0.25) is 10.0 Å². The fourth-order valence-electron chi connectivity index (χ4n) is 2.64. The maximum absolute atomic E-state index is 12.2. The largest absolute Gasteiger partial charge is 0.384 e. The molecule has 2 N–H and O–H groups in total. The molecular weight excluding hydrogens is 284 g/mol. The van der Waals surface area contributed by atoms with Crippen LogP contribution in [-0.4, -0.2) is 21.5 Å². The summed E-state index contributed by atoms with van der Waals surface area (Å²) in [5.41, 5.74) is 2.15. The molecule has 0 atom stereocenters. The molecule has 0 aromatic heterocycles. The Morgan fingerprint density at radius 2 is 1.90 bits per heavy atom. The van der Waals surface area contributed by atoms with Crippen molar-refractivity contribution < 1.29 is 8.42 Å². The molecule has 0 aliphatic carbocycles. The Labute approximate surface area is 128 Å². The van der Waals surface area contributed by atoms with E-state index in [2.05, 4.69) is 17.0 Å². The summed E-state index contributed by atoms with van der Waals surface area (Å²) in [6, 6.07) is 5.33. The van der Waals surface area contributed by atoms with E-state index in [0.717, 1.165) is 37.1 Å². The average Bonchev–Trinajstić information content (AvgIpc) is 2.93. The molecule has 0 fully saturated rings. The van der Waals surface area contributed by atoms with Crippen LogP contribution >= 0.6 is 0 Å². The maximum Gasteiger partial charge on any atom is 0.240 e. The minimum absolute atomic E-state index is 0.385. The standard InChI is InChI=1S/C16H26N2O2S/c1-2-3-4-5-6-7-11-18-21(19,20)15-8-9-16-14(13-15)10-12-17-16/h8-9,13,17-18H,2-7,10-12H2,1H3. The van der Waals surface area contributed by atoms with Crippen LogP contribution in [0.4, 0.5) is 5.69 Å². The Balaban J connectivity index is 1.79. The van der Waals surface area contributed by atoms with Crippen LogP contribution in [-0.2, 0) is 16.4 Å². The lowest BCUT2D eigenvalue weighted by atomic mass is 10.1. The minimum Gasteiger partial charge on any atom is -0.384 e. The third-order valence-electron chi connectivity index (χ3n) is 3.92. The first-order chi connectivity index (χ1) is 10.1. The second kappa shape index (κ2) is 7.80. The predicted molar refractivity (Wildman–Crippen MR) is 87.2 cm³/mol. The molecule has 0 spiro atoms. The van der Waals surface area contributed by atoms with Gasteiger partial charge < -0.3 is 5.32 Å². The van der Waals surface area contributed by atoms with Crippen LogP contribution in [0.25, 0.3) is 0 Å². The second-order valence-corrected chi connectivity index (χ2v) is 7.43. The monoisotopic (exact) mass is 310 g/mol. The van der Waals surface area contributed by atoms with Crippen molar-refractivity contribution in [3.05, 3.63) is 23.8 Å². The van der Waals surface area contributed by atoms with E-state index in [-0.39, 0.29) is 0 Å². The molecule has 0 unspecified atom stereocenters. The first-order valence-electron chi connectivity index (χ1n) is 8.00. The lowest BCUT2D eigenvalue weighted by Crippen LogP contribution is -2.24. The van der Waals surface area contributed by atoms with Gasteiger partial charge in [0.05, 0.1) is 4.90 Å². The summed E-state index contributed by atoms with van der Waals surface area (Å²) in [6.07, 6.45) is 7.86. The molecule has 0 bridgehead atoms. The van der Waals surface area contributed by atoms with E-state index in [4.69, 9.17) is 0 Å². The molecule has 1 aliphatic rings. The van der Waals surface area contributed by atoms with E-state index in [1.807, 2.05) is 6.07 Å². The van der Waals surface area contributed by atoms with Gasteiger partial charge in [0.25, 0.3) is 0 Å². The van der Waals surface area contributed by atoms with Crippen molar-refractivity contribution in [3.63, 3.8) is 0 Å². The molecule has 21 heavy (non-hydrogen) atoms. The van der Waals surface area contributed by atoms with Gasteiger partial charge in [-0.25, -0.2) is 13.1 Å². The Morgan fingerprint density at radius 1 is 1.14 bits per heavy atom. The molecule has 0 saturated heterocycles. The highest BCUT2D eigenvalue weighted by molar-refractivity contribution is 7.89. The van der Waals surface area contributed by atoms with Crippen molar-refractivity contribution in [1.29, 1.82) is 0 Å². The zero-order valence-corrected chi connectivity index (χ0v) is 13.6. The molecular formula is C16H26N2O2S. The average molecular weight is 310 g/mol. The second-order valence-electron chi connectivity index (χ2n) is 5.66. The topological polar surface area (TPSA) is 58.2 Å². The molecule has 0 amide bonds. The number of rotatable bonds is 9. The van der Waals surface area contributed by atoms with Crippen LogP contribution in [0.3, 0.4) is 0 Å². The van der Waals surface area contributed by atoms with Gasteiger partial charge in [-0.15, -0.1) is 0 Å². The van der Waals surface area contributed by atoms with E-state index < -0.39 is 10.0 Å². The Morgan fingerprint density at radius 3 is 2.71 bits per heavy atom. The number of fused-ring (bicyclic) bond motifs is 1. The van der Waals surface area contributed by atoms with E-state index in [9.17, 15) is 8.42 Å². The number of benzene rings is 1. The van der Waals surface area contributed by atoms with Gasteiger partial charge in [-0.3, -0.25) is 0 Å². The number of hydrogen-bond acceptors (Lipinski definition) is 3. The van der Waals surface area contributed by atoms with Gasteiger partial charge in [0, 0.05) is 18.8 Å². The maximum atomic E-state index is 12.2. The van der Waals surface area contributed by atoms with Gasteiger partial charge >= 0.3 is 0 Å². The van der Waals surface area contributed by atoms with Crippen LogP contribution in [0.5, 0.6) is 0 Å². The van der Waals surface area contributed by atoms with Gasteiger partial charge in [-0.05, 0) is 36.6 Å². The smallest absolute Gasteiger partial charge is 0.240 e. The molecule has 1 aromatic rings. The number of hydrogen-bond donors (Lipinski definition) is 2. The van der Waals surface area contributed by atoms with Crippen LogP contribution in [0.2, 0.25) is 0 Å². The van der Waals surface area contributed by atoms with Crippen LogP contribution in [0, 0.1) is 0 Å². The van der Waals surface area contributed by atoms with Crippen molar-refractivity contribution in [3.8, 4) is 0 Å². The Bertz CT molecular complexity index is 555. The van der Waals surface area contributed by atoms with E-state index in [1.165, 1.54) is 25.7 Å². The third-order valence-corrected chi connectivity index (χ3v) is 5.38. The van der Waals surface area contributed by atoms with Crippen LogP contribution in [0.15, 0.2) is 23.1 Å². The first-order valence-corrected chi connectivity index (χ1v) is 9.48. The quantitative estimate of drug-likeness (QED) is 0.688.